The van der Waals surface area contributed by atoms with Crippen molar-refractivity contribution in [2.45, 2.75) is 24.5 Å². The number of carbonyl (C=O) groups is 1. The molecule has 1 aliphatic heterocycles. The highest BCUT2D eigenvalue weighted by Gasteiger charge is 2.29. The summed E-state index contributed by atoms with van der Waals surface area (Å²) in [6, 6.07) is 3.27. The van der Waals surface area contributed by atoms with Crippen molar-refractivity contribution in [3.8, 4) is 0 Å². The maximum atomic E-state index is 10.9. The van der Waals surface area contributed by atoms with E-state index in [-0.39, 0.29) is 15.5 Å². The summed E-state index contributed by atoms with van der Waals surface area (Å²) in [5.74, 6) is 0.641. The van der Waals surface area contributed by atoms with Crippen molar-refractivity contribution in [2.75, 3.05) is 17.6 Å². The summed E-state index contributed by atoms with van der Waals surface area (Å²) in [6.07, 6.45) is 2.40. The van der Waals surface area contributed by atoms with E-state index in [9.17, 15) is 4.79 Å². The second kappa shape index (κ2) is 5.36. The molecule has 0 saturated carbocycles. The van der Waals surface area contributed by atoms with Crippen LogP contribution >= 0.6 is 23.4 Å². The van der Waals surface area contributed by atoms with E-state index in [1.165, 1.54) is 18.6 Å². The number of carboxylic acid groups (broad SMARTS) is 1. The van der Waals surface area contributed by atoms with Crippen LogP contribution in [0.1, 0.15) is 30.3 Å². The van der Waals surface area contributed by atoms with Crippen molar-refractivity contribution in [3.63, 3.8) is 0 Å². The molecule has 0 bridgehead atoms. The molecule has 0 radical (unpaired) electrons. The van der Waals surface area contributed by atoms with E-state index in [4.69, 9.17) is 16.7 Å². The van der Waals surface area contributed by atoms with Crippen molar-refractivity contribution in [2.24, 2.45) is 0 Å². The summed E-state index contributed by atoms with van der Waals surface area (Å²) < 4.78 is 0.213. The molecule has 1 aromatic rings. The van der Waals surface area contributed by atoms with Crippen molar-refractivity contribution >= 4 is 35.1 Å². The Labute approximate surface area is 115 Å². The number of thioether (sulfide) groups is 1. The van der Waals surface area contributed by atoms with Gasteiger partial charge in [0.15, 0.2) is 5.69 Å². The van der Waals surface area contributed by atoms with Gasteiger partial charge >= 0.3 is 5.97 Å². The van der Waals surface area contributed by atoms with Crippen molar-refractivity contribution in [3.05, 3.63) is 22.8 Å². The van der Waals surface area contributed by atoms with E-state index >= 15 is 0 Å². The minimum Gasteiger partial charge on any atom is -0.476 e. The van der Waals surface area contributed by atoms with Crippen LogP contribution in [0.3, 0.4) is 0 Å². The molecular formula is C12H15ClN2O2S. The number of pyridine rings is 1. The first-order chi connectivity index (χ1) is 8.50. The lowest BCUT2D eigenvalue weighted by molar-refractivity contribution is 0.0691. The summed E-state index contributed by atoms with van der Waals surface area (Å²) >= 11 is 7.72. The molecule has 1 saturated heterocycles. The third-order valence-corrected chi connectivity index (χ3v) is 4.84. The van der Waals surface area contributed by atoms with E-state index in [1.54, 1.807) is 12.1 Å². The lowest BCUT2D eigenvalue weighted by Gasteiger charge is -2.23. The summed E-state index contributed by atoms with van der Waals surface area (Å²) in [5, 5.41) is 12.3. The number of carboxylic acids is 1. The average Bonchev–Trinajstić information content (AvgIpc) is 2.75. The smallest absolute Gasteiger partial charge is 0.356 e. The lowest BCUT2D eigenvalue weighted by atomic mass is 10.1. The molecule has 2 rings (SSSR count). The van der Waals surface area contributed by atoms with Crippen LogP contribution in [0, 0.1) is 0 Å². The maximum absolute atomic E-state index is 10.9. The van der Waals surface area contributed by atoms with Crippen LogP contribution < -0.4 is 5.32 Å². The predicted octanol–water partition coefficient (Wildman–Crippen LogP) is 3.13. The Kier molecular flexibility index (Phi) is 4.02. The molecule has 2 heterocycles. The number of nitrogens with zero attached hydrogens (tertiary/aromatic N) is 1. The van der Waals surface area contributed by atoms with Crippen molar-refractivity contribution < 1.29 is 9.90 Å². The molecule has 1 atom stereocenters. The lowest BCUT2D eigenvalue weighted by Crippen LogP contribution is -2.27. The summed E-state index contributed by atoms with van der Waals surface area (Å²) in [7, 11) is 0. The Bertz CT molecular complexity index is 461. The van der Waals surface area contributed by atoms with Gasteiger partial charge in [-0.15, -0.1) is 0 Å². The highest BCUT2D eigenvalue weighted by Crippen LogP contribution is 2.37. The molecule has 1 fully saturated rings. The maximum Gasteiger partial charge on any atom is 0.356 e. The van der Waals surface area contributed by atoms with Crippen LogP contribution in [-0.4, -0.2) is 33.1 Å². The Morgan fingerprint density at radius 3 is 3.06 bits per heavy atom. The fraction of sp³-hybridized carbons (Fsp3) is 0.500. The zero-order valence-electron chi connectivity index (χ0n) is 10.1. The fourth-order valence-electron chi connectivity index (χ4n) is 1.94. The molecule has 0 spiro atoms. The van der Waals surface area contributed by atoms with Crippen molar-refractivity contribution in [1.29, 1.82) is 0 Å². The molecule has 0 aromatic carbocycles. The topological polar surface area (TPSA) is 62.2 Å². The van der Waals surface area contributed by atoms with Crippen molar-refractivity contribution in [1.82, 2.24) is 4.98 Å². The molecule has 4 nitrogen and oxygen atoms in total. The molecule has 98 valence electrons. The van der Waals surface area contributed by atoms with Gasteiger partial charge in [-0.2, -0.15) is 11.8 Å². The van der Waals surface area contributed by atoms with Crippen LogP contribution in [0.25, 0.3) is 0 Å². The van der Waals surface area contributed by atoms with Gasteiger partial charge in [0.1, 0.15) is 5.82 Å². The first kappa shape index (κ1) is 13.5. The van der Waals surface area contributed by atoms with Gasteiger partial charge in [-0.3, -0.25) is 0 Å². The minimum atomic E-state index is -1.11. The van der Waals surface area contributed by atoms with E-state index in [1.807, 2.05) is 11.8 Å². The molecule has 1 aromatic heterocycles. The number of anilines is 1. The Morgan fingerprint density at radius 1 is 1.67 bits per heavy atom. The van der Waals surface area contributed by atoms with E-state index in [0.717, 1.165) is 6.54 Å². The van der Waals surface area contributed by atoms with Gasteiger partial charge in [0.05, 0.1) is 5.02 Å². The van der Waals surface area contributed by atoms with Gasteiger partial charge in [-0.1, -0.05) is 11.6 Å². The third kappa shape index (κ3) is 3.09. The number of aromatic nitrogens is 1. The Balaban J connectivity index is 2.05. The highest BCUT2D eigenvalue weighted by molar-refractivity contribution is 8.00. The second-order valence-corrected chi connectivity index (χ2v) is 6.68. The van der Waals surface area contributed by atoms with Gasteiger partial charge < -0.3 is 10.4 Å². The summed E-state index contributed by atoms with van der Waals surface area (Å²) in [6.45, 7) is 3.00. The fourth-order valence-corrected chi connectivity index (χ4v) is 3.37. The van der Waals surface area contributed by atoms with Crippen LogP contribution in [0.2, 0.25) is 5.02 Å². The molecule has 2 N–H and O–H groups in total. The third-order valence-electron chi connectivity index (χ3n) is 2.99. The van der Waals surface area contributed by atoms with Gasteiger partial charge in [-0.25, -0.2) is 9.78 Å². The molecule has 1 unspecified atom stereocenters. The van der Waals surface area contributed by atoms with Gasteiger partial charge in [0, 0.05) is 11.3 Å². The van der Waals surface area contributed by atoms with Crippen LogP contribution in [0.15, 0.2) is 12.1 Å². The van der Waals surface area contributed by atoms with Gasteiger partial charge in [-0.05, 0) is 37.7 Å². The van der Waals surface area contributed by atoms with E-state index in [0.29, 0.717) is 5.82 Å². The second-order valence-electron chi connectivity index (χ2n) is 4.59. The average molecular weight is 287 g/mol. The number of hydrogen-bond donors (Lipinski definition) is 2. The van der Waals surface area contributed by atoms with E-state index < -0.39 is 5.97 Å². The molecule has 0 aliphatic carbocycles. The molecular weight excluding hydrogens is 272 g/mol. The van der Waals surface area contributed by atoms with Crippen LogP contribution in [0.5, 0.6) is 0 Å². The predicted molar refractivity (Wildman–Crippen MR) is 74.8 cm³/mol. The molecule has 6 heteroatoms. The van der Waals surface area contributed by atoms with Gasteiger partial charge in [0.2, 0.25) is 0 Å². The van der Waals surface area contributed by atoms with E-state index in [2.05, 4.69) is 17.2 Å². The first-order valence-electron chi connectivity index (χ1n) is 5.78. The quantitative estimate of drug-likeness (QED) is 0.890. The molecule has 0 amide bonds. The SMILES string of the molecule is CC1(CNc2ccc(Cl)c(C(=O)O)n2)CCCS1. The monoisotopic (exact) mass is 286 g/mol. The molecule has 1 aliphatic rings. The zero-order chi connectivity index (χ0) is 13.2. The highest BCUT2D eigenvalue weighted by atomic mass is 35.5. The van der Waals surface area contributed by atoms with Crippen LogP contribution in [-0.2, 0) is 0 Å². The largest absolute Gasteiger partial charge is 0.476 e. The van der Waals surface area contributed by atoms with Crippen LogP contribution in [0.4, 0.5) is 5.82 Å². The van der Waals surface area contributed by atoms with Gasteiger partial charge in [0.25, 0.3) is 0 Å². The summed E-state index contributed by atoms with van der Waals surface area (Å²) in [5.41, 5.74) is -0.106. The number of halogens is 1. The number of rotatable bonds is 4. The number of nitrogens with one attached hydrogen (secondary N) is 1. The normalized spacial score (nSPS) is 23.0. The Hall–Kier alpha value is -0.940. The Morgan fingerprint density at radius 2 is 2.44 bits per heavy atom. The first-order valence-corrected chi connectivity index (χ1v) is 7.14. The minimum absolute atomic E-state index is 0.106. The number of aromatic carboxylic acids is 1. The zero-order valence-corrected chi connectivity index (χ0v) is 11.6. The summed E-state index contributed by atoms with van der Waals surface area (Å²) in [4.78, 5) is 14.9. The molecule has 18 heavy (non-hydrogen) atoms. The standard InChI is InChI=1S/C12H15ClN2O2S/c1-12(5-2-6-18-12)7-14-9-4-3-8(13)10(15-9)11(16)17/h3-4H,2,5-7H2,1H3,(H,14,15)(H,16,17). The number of hydrogen-bond acceptors (Lipinski definition) is 4.